The highest BCUT2D eigenvalue weighted by molar-refractivity contribution is 9.11. The van der Waals surface area contributed by atoms with Gasteiger partial charge in [0.15, 0.2) is 0 Å². The Morgan fingerprint density at radius 3 is 2.58 bits per heavy atom. The van der Waals surface area contributed by atoms with Crippen LogP contribution in [0.5, 0.6) is 0 Å². The van der Waals surface area contributed by atoms with Gasteiger partial charge in [-0.05, 0) is 23.8 Å². The van der Waals surface area contributed by atoms with Crippen LogP contribution in [-0.2, 0) is 4.79 Å². The van der Waals surface area contributed by atoms with Crippen molar-refractivity contribution < 1.29 is 4.79 Å². The van der Waals surface area contributed by atoms with Gasteiger partial charge in [0.25, 0.3) is 0 Å². The highest BCUT2D eigenvalue weighted by Crippen LogP contribution is 2.22. The van der Waals surface area contributed by atoms with Crippen LogP contribution >= 0.6 is 31.9 Å². The summed E-state index contributed by atoms with van der Waals surface area (Å²) in [4.78, 5) is 10.0. The van der Waals surface area contributed by atoms with Gasteiger partial charge in [0.1, 0.15) is 6.29 Å². The van der Waals surface area contributed by atoms with Crippen LogP contribution in [0.25, 0.3) is 6.08 Å². The lowest BCUT2D eigenvalue weighted by molar-refractivity contribution is -0.104. The molecule has 0 atom stereocenters. The number of hydrogen-bond acceptors (Lipinski definition) is 1. The maximum atomic E-state index is 10.0. The minimum Gasteiger partial charge on any atom is -0.299 e. The molecule has 0 aliphatic carbocycles. The minimum absolute atomic E-state index is 0.758. The van der Waals surface area contributed by atoms with Crippen molar-refractivity contribution in [3.8, 4) is 0 Å². The summed E-state index contributed by atoms with van der Waals surface area (Å²) < 4.78 is 1.98. The molecule has 1 rings (SSSR count). The number of rotatable bonds is 2. The van der Waals surface area contributed by atoms with Crippen LogP contribution in [0.15, 0.2) is 33.2 Å². The lowest BCUT2D eigenvalue weighted by Gasteiger charge is -1.97. The van der Waals surface area contributed by atoms with Crippen molar-refractivity contribution in [2.24, 2.45) is 0 Å². The zero-order chi connectivity index (χ0) is 8.97. The monoisotopic (exact) mass is 288 g/mol. The van der Waals surface area contributed by atoms with E-state index in [1.807, 2.05) is 18.2 Å². The molecule has 0 saturated heterocycles. The van der Waals surface area contributed by atoms with Crippen molar-refractivity contribution in [2.45, 2.75) is 0 Å². The Balaban J connectivity index is 3.01. The topological polar surface area (TPSA) is 17.1 Å². The third-order valence-electron chi connectivity index (χ3n) is 1.32. The van der Waals surface area contributed by atoms with Gasteiger partial charge in [-0.1, -0.05) is 44.0 Å². The lowest BCUT2D eigenvalue weighted by atomic mass is 10.2. The first-order chi connectivity index (χ1) is 5.74. The Morgan fingerprint density at radius 2 is 2.00 bits per heavy atom. The van der Waals surface area contributed by atoms with E-state index in [0.29, 0.717) is 0 Å². The van der Waals surface area contributed by atoms with E-state index in [9.17, 15) is 4.79 Å². The quantitative estimate of drug-likeness (QED) is 0.602. The van der Waals surface area contributed by atoms with E-state index in [-0.39, 0.29) is 0 Å². The lowest BCUT2D eigenvalue weighted by Crippen LogP contribution is -1.75. The summed E-state index contributed by atoms with van der Waals surface area (Å²) >= 11 is 6.72. The fraction of sp³-hybridized carbons (Fsp3) is 0. The first-order valence-corrected chi connectivity index (χ1v) is 4.89. The van der Waals surface area contributed by atoms with Crippen LogP contribution < -0.4 is 0 Å². The molecule has 12 heavy (non-hydrogen) atoms. The molecule has 0 unspecified atom stereocenters. The van der Waals surface area contributed by atoms with Gasteiger partial charge in [0, 0.05) is 8.95 Å². The van der Waals surface area contributed by atoms with Crippen LogP contribution in [0.2, 0.25) is 0 Å². The number of benzene rings is 1. The zero-order valence-electron chi connectivity index (χ0n) is 6.13. The molecule has 62 valence electrons. The summed E-state index contributed by atoms with van der Waals surface area (Å²) in [5, 5.41) is 0. The number of carbonyl (C=O) groups is 1. The Morgan fingerprint density at radius 1 is 1.25 bits per heavy atom. The summed E-state index contributed by atoms with van der Waals surface area (Å²) in [6.45, 7) is 0. The molecule has 0 aliphatic rings. The molecule has 0 amide bonds. The van der Waals surface area contributed by atoms with Crippen molar-refractivity contribution in [2.75, 3.05) is 0 Å². The molecule has 0 saturated carbocycles. The summed E-state index contributed by atoms with van der Waals surface area (Å²) in [7, 11) is 0. The highest BCUT2D eigenvalue weighted by atomic mass is 79.9. The molecule has 1 aromatic carbocycles. The second-order valence-electron chi connectivity index (χ2n) is 2.16. The molecule has 0 spiro atoms. The molecule has 0 aliphatic heterocycles. The fourth-order valence-electron chi connectivity index (χ4n) is 0.780. The van der Waals surface area contributed by atoms with Crippen molar-refractivity contribution in [1.82, 2.24) is 0 Å². The van der Waals surface area contributed by atoms with E-state index in [1.54, 1.807) is 6.08 Å². The summed E-state index contributed by atoms with van der Waals surface area (Å²) in [6.07, 6.45) is 3.98. The van der Waals surface area contributed by atoms with Gasteiger partial charge >= 0.3 is 0 Å². The SMILES string of the molecule is O=CC=Cc1ccc(Br)cc1Br. The van der Waals surface area contributed by atoms with Gasteiger partial charge in [-0.2, -0.15) is 0 Å². The first-order valence-electron chi connectivity index (χ1n) is 3.31. The molecule has 0 aromatic heterocycles. The zero-order valence-corrected chi connectivity index (χ0v) is 9.30. The van der Waals surface area contributed by atoms with E-state index in [4.69, 9.17) is 0 Å². The summed E-state index contributed by atoms with van der Waals surface area (Å²) in [6, 6.07) is 5.79. The Hall–Kier alpha value is -0.410. The van der Waals surface area contributed by atoms with Crippen molar-refractivity contribution >= 4 is 44.2 Å². The average molecular weight is 290 g/mol. The van der Waals surface area contributed by atoms with Crippen LogP contribution in [-0.4, -0.2) is 6.29 Å². The van der Waals surface area contributed by atoms with Crippen molar-refractivity contribution in [1.29, 1.82) is 0 Å². The molecular formula is C9H6Br2O. The molecular weight excluding hydrogens is 284 g/mol. The number of aldehydes is 1. The van der Waals surface area contributed by atoms with E-state index in [2.05, 4.69) is 31.9 Å². The molecule has 3 heteroatoms. The molecule has 0 fully saturated rings. The second kappa shape index (κ2) is 4.58. The molecule has 0 N–H and O–H groups in total. The summed E-state index contributed by atoms with van der Waals surface area (Å²) in [5.41, 5.74) is 0.991. The molecule has 0 heterocycles. The molecule has 0 bridgehead atoms. The first kappa shape index (κ1) is 9.68. The maximum Gasteiger partial charge on any atom is 0.142 e. The van der Waals surface area contributed by atoms with E-state index >= 15 is 0 Å². The van der Waals surface area contributed by atoms with Gasteiger partial charge < -0.3 is 0 Å². The highest BCUT2D eigenvalue weighted by Gasteiger charge is 1.95. The Labute approximate surface area is 87.7 Å². The fourth-order valence-corrected chi connectivity index (χ4v) is 1.96. The standard InChI is InChI=1S/C9H6Br2O/c10-8-4-3-7(2-1-5-12)9(11)6-8/h1-6H. The van der Waals surface area contributed by atoms with E-state index in [0.717, 1.165) is 20.8 Å². The number of allylic oxidation sites excluding steroid dienone is 1. The van der Waals surface area contributed by atoms with Gasteiger partial charge in [0.2, 0.25) is 0 Å². The minimum atomic E-state index is 0.758. The number of halogens is 2. The van der Waals surface area contributed by atoms with Crippen LogP contribution in [0, 0.1) is 0 Å². The Bertz CT molecular complexity index is 318. The van der Waals surface area contributed by atoms with Gasteiger partial charge in [-0.3, -0.25) is 4.79 Å². The molecule has 0 radical (unpaired) electrons. The van der Waals surface area contributed by atoms with Crippen LogP contribution in [0.3, 0.4) is 0 Å². The van der Waals surface area contributed by atoms with Gasteiger partial charge in [0.05, 0.1) is 0 Å². The number of hydrogen-bond donors (Lipinski definition) is 0. The average Bonchev–Trinajstić information content (AvgIpc) is 2.03. The predicted molar refractivity (Wildman–Crippen MR) is 56.9 cm³/mol. The number of carbonyl (C=O) groups excluding carboxylic acids is 1. The molecule has 1 nitrogen and oxygen atoms in total. The summed E-state index contributed by atoms with van der Waals surface area (Å²) in [5.74, 6) is 0. The van der Waals surface area contributed by atoms with Crippen LogP contribution in [0.4, 0.5) is 0 Å². The van der Waals surface area contributed by atoms with Crippen molar-refractivity contribution in [3.05, 3.63) is 38.8 Å². The van der Waals surface area contributed by atoms with Gasteiger partial charge in [-0.25, -0.2) is 0 Å². The maximum absolute atomic E-state index is 10.0. The van der Waals surface area contributed by atoms with Crippen LogP contribution in [0.1, 0.15) is 5.56 Å². The molecule has 1 aromatic rings. The second-order valence-corrected chi connectivity index (χ2v) is 3.93. The van der Waals surface area contributed by atoms with Gasteiger partial charge in [-0.15, -0.1) is 0 Å². The van der Waals surface area contributed by atoms with E-state index < -0.39 is 0 Å². The normalized spacial score (nSPS) is 10.5. The third-order valence-corrected chi connectivity index (χ3v) is 2.50. The smallest absolute Gasteiger partial charge is 0.142 e. The third kappa shape index (κ3) is 2.57. The largest absolute Gasteiger partial charge is 0.299 e. The predicted octanol–water partition coefficient (Wildman–Crippen LogP) is 3.42. The van der Waals surface area contributed by atoms with Crippen molar-refractivity contribution in [3.63, 3.8) is 0 Å². The van der Waals surface area contributed by atoms with E-state index in [1.165, 1.54) is 6.08 Å². The Kier molecular flexibility index (Phi) is 3.69.